The van der Waals surface area contributed by atoms with Gasteiger partial charge in [0, 0.05) is 6.04 Å². The van der Waals surface area contributed by atoms with Gasteiger partial charge < -0.3 is 25.2 Å². The minimum Gasteiger partial charge on any atom is -0.480 e. The summed E-state index contributed by atoms with van der Waals surface area (Å²) in [6.07, 6.45) is 3.60. The molecule has 6 unspecified atom stereocenters. The summed E-state index contributed by atoms with van der Waals surface area (Å²) in [6, 6.07) is 8.12. The van der Waals surface area contributed by atoms with Gasteiger partial charge in [-0.25, -0.2) is 9.59 Å². The van der Waals surface area contributed by atoms with Crippen LogP contribution in [-0.2, 0) is 19.1 Å². The number of carboxylic acids is 2. The number of carbonyl (C=O) groups excluding carboxylic acids is 1. The Morgan fingerprint density at radius 3 is 2.47 bits per heavy atom. The quantitative estimate of drug-likeness (QED) is 0.506. The van der Waals surface area contributed by atoms with Crippen LogP contribution in [0.5, 0.6) is 0 Å². The maximum atomic E-state index is 13.2. The van der Waals surface area contributed by atoms with Crippen molar-refractivity contribution in [3.63, 3.8) is 0 Å². The highest BCUT2D eigenvalue weighted by Crippen LogP contribution is 2.40. The van der Waals surface area contributed by atoms with Gasteiger partial charge in [-0.3, -0.25) is 4.79 Å². The normalized spacial score (nSPS) is 25.6. The molecule has 3 rings (SSSR count). The molecule has 1 aliphatic carbocycles. The number of nitrogens with zero attached hydrogens (tertiary/aromatic N) is 1. The highest BCUT2D eigenvalue weighted by molar-refractivity contribution is 5.87. The molecule has 0 spiro atoms. The highest BCUT2D eigenvalue weighted by atomic mass is 16.5. The minimum atomic E-state index is -1.03. The summed E-state index contributed by atoms with van der Waals surface area (Å²) < 4.78 is 5.75. The van der Waals surface area contributed by atoms with Crippen LogP contribution < -0.4 is 5.32 Å². The van der Waals surface area contributed by atoms with Crippen LogP contribution in [-0.4, -0.2) is 63.7 Å². The molecular weight excluding hydrogens is 412 g/mol. The van der Waals surface area contributed by atoms with E-state index in [9.17, 15) is 24.6 Å². The molecule has 2 fully saturated rings. The molecular formula is C24H34N2O6. The number of ether oxygens (including phenoxy) is 1. The summed E-state index contributed by atoms with van der Waals surface area (Å²) in [6.45, 7) is 3.69. The van der Waals surface area contributed by atoms with Gasteiger partial charge in [-0.05, 0) is 57.6 Å². The Kier molecular flexibility index (Phi) is 8.26. The SMILES string of the molecule is CC(NCCC(OC(C)C(=O)O)c1ccccc1)C(=O)N1C(C(=O)O)CC2CCCCC21. The number of rotatable bonds is 10. The topological polar surface area (TPSA) is 116 Å². The number of hydrogen-bond donors (Lipinski definition) is 3. The molecule has 176 valence electrons. The van der Waals surface area contributed by atoms with Crippen molar-refractivity contribution in [2.24, 2.45) is 5.92 Å². The van der Waals surface area contributed by atoms with Gasteiger partial charge in [0.1, 0.15) is 6.04 Å². The lowest BCUT2D eigenvalue weighted by molar-refractivity contribution is -0.153. The molecule has 1 aromatic carbocycles. The first kappa shape index (κ1) is 24.2. The summed E-state index contributed by atoms with van der Waals surface area (Å²) in [5.41, 5.74) is 0.872. The van der Waals surface area contributed by atoms with E-state index < -0.39 is 36.2 Å². The monoisotopic (exact) mass is 446 g/mol. The summed E-state index contributed by atoms with van der Waals surface area (Å²) in [5, 5.41) is 22.1. The molecule has 1 aromatic rings. The largest absolute Gasteiger partial charge is 0.480 e. The van der Waals surface area contributed by atoms with Gasteiger partial charge in [0.25, 0.3) is 0 Å². The number of nitrogens with one attached hydrogen (secondary N) is 1. The lowest BCUT2D eigenvalue weighted by Crippen LogP contribution is -2.53. The van der Waals surface area contributed by atoms with E-state index in [4.69, 9.17) is 4.74 Å². The van der Waals surface area contributed by atoms with Gasteiger partial charge in [-0.15, -0.1) is 0 Å². The number of carbonyl (C=O) groups is 3. The number of amides is 1. The van der Waals surface area contributed by atoms with Crippen LogP contribution in [0.25, 0.3) is 0 Å². The second-order valence-electron chi connectivity index (χ2n) is 8.93. The van der Waals surface area contributed by atoms with Crippen LogP contribution >= 0.6 is 0 Å². The lowest BCUT2D eigenvalue weighted by atomic mass is 9.84. The van der Waals surface area contributed by atoms with Crippen molar-refractivity contribution in [3.8, 4) is 0 Å². The average molecular weight is 447 g/mol. The second kappa shape index (κ2) is 10.9. The standard InChI is InChI=1S/C24H34N2O6/c1-15(22(27)26-19-11-7-6-10-18(19)14-20(26)24(30)31)25-13-12-21(32-16(2)23(28)29)17-8-4-3-5-9-17/h3-5,8-9,15-16,18-21,25H,6-7,10-14H2,1-2H3,(H,28,29)(H,30,31). The van der Waals surface area contributed by atoms with E-state index in [1.165, 1.54) is 6.92 Å². The first-order valence-corrected chi connectivity index (χ1v) is 11.5. The number of aliphatic carboxylic acids is 2. The molecule has 2 aliphatic rings. The van der Waals surface area contributed by atoms with Gasteiger partial charge in [0.05, 0.1) is 12.1 Å². The molecule has 1 amide bonds. The van der Waals surface area contributed by atoms with E-state index in [-0.39, 0.29) is 17.9 Å². The van der Waals surface area contributed by atoms with Gasteiger partial charge in [-0.1, -0.05) is 43.2 Å². The third-order valence-corrected chi connectivity index (χ3v) is 6.74. The Bertz CT molecular complexity index is 801. The van der Waals surface area contributed by atoms with Crippen molar-refractivity contribution in [3.05, 3.63) is 35.9 Å². The number of fused-ring (bicyclic) bond motifs is 1. The third-order valence-electron chi connectivity index (χ3n) is 6.74. The zero-order chi connectivity index (χ0) is 23.3. The maximum Gasteiger partial charge on any atom is 0.332 e. The molecule has 8 nitrogen and oxygen atoms in total. The number of carboxylic acid groups (broad SMARTS) is 2. The summed E-state index contributed by atoms with van der Waals surface area (Å²) >= 11 is 0. The first-order chi connectivity index (χ1) is 15.3. The number of benzene rings is 1. The fraction of sp³-hybridized carbons (Fsp3) is 0.625. The Morgan fingerprint density at radius 2 is 1.81 bits per heavy atom. The molecule has 1 saturated heterocycles. The highest BCUT2D eigenvalue weighted by Gasteiger charge is 2.48. The molecule has 0 aromatic heterocycles. The molecule has 1 aliphatic heterocycles. The van der Waals surface area contributed by atoms with E-state index in [1.54, 1.807) is 11.8 Å². The van der Waals surface area contributed by atoms with E-state index in [0.717, 1.165) is 31.2 Å². The zero-order valence-corrected chi connectivity index (χ0v) is 18.8. The zero-order valence-electron chi connectivity index (χ0n) is 18.8. The average Bonchev–Trinajstić information content (AvgIpc) is 3.18. The van der Waals surface area contributed by atoms with Crippen LogP contribution in [0.15, 0.2) is 30.3 Å². The van der Waals surface area contributed by atoms with Crippen LogP contribution in [0.2, 0.25) is 0 Å². The molecule has 0 radical (unpaired) electrons. The summed E-state index contributed by atoms with van der Waals surface area (Å²) in [4.78, 5) is 37.9. The Morgan fingerprint density at radius 1 is 1.12 bits per heavy atom. The fourth-order valence-corrected chi connectivity index (χ4v) is 5.02. The lowest BCUT2D eigenvalue weighted by Gasteiger charge is -2.34. The van der Waals surface area contributed by atoms with Crippen LogP contribution in [0.1, 0.15) is 64.0 Å². The molecule has 1 heterocycles. The Balaban J connectivity index is 1.61. The smallest absolute Gasteiger partial charge is 0.332 e. The van der Waals surface area contributed by atoms with Gasteiger partial charge in [0.15, 0.2) is 6.10 Å². The first-order valence-electron chi connectivity index (χ1n) is 11.5. The molecule has 32 heavy (non-hydrogen) atoms. The second-order valence-corrected chi connectivity index (χ2v) is 8.93. The molecule has 1 saturated carbocycles. The summed E-state index contributed by atoms with van der Waals surface area (Å²) in [5.74, 6) is -1.87. The van der Waals surface area contributed by atoms with E-state index in [2.05, 4.69) is 5.32 Å². The molecule has 0 bridgehead atoms. The molecule has 8 heteroatoms. The third kappa shape index (κ3) is 5.66. The summed E-state index contributed by atoms with van der Waals surface area (Å²) in [7, 11) is 0. The predicted octanol–water partition coefficient (Wildman–Crippen LogP) is 2.83. The molecule has 3 N–H and O–H groups in total. The van der Waals surface area contributed by atoms with Crippen LogP contribution in [0.3, 0.4) is 0 Å². The van der Waals surface area contributed by atoms with Crippen molar-refractivity contribution >= 4 is 17.8 Å². The van der Waals surface area contributed by atoms with Crippen molar-refractivity contribution in [2.75, 3.05) is 6.54 Å². The van der Waals surface area contributed by atoms with E-state index in [0.29, 0.717) is 19.4 Å². The minimum absolute atomic E-state index is 0.0124. The van der Waals surface area contributed by atoms with Crippen LogP contribution in [0, 0.1) is 5.92 Å². The predicted molar refractivity (Wildman–Crippen MR) is 118 cm³/mol. The number of hydrogen-bond acceptors (Lipinski definition) is 5. The van der Waals surface area contributed by atoms with E-state index >= 15 is 0 Å². The Labute approximate surface area is 188 Å². The van der Waals surface area contributed by atoms with Crippen molar-refractivity contribution in [1.29, 1.82) is 0 Å². The Hall–Kier alpha value is -2.45. The van der Waals surface area contributed by atoms with Gasteiger partial charge in [-0.2, -0.15) is 0 Å². The molecule has 6 atom stereocenters. The van der Waals surface area contributed by atoms with Crippen molar-refractivity contribution in [2.45, 2.75) is 82.7 Å². The maximum absolute atomic E-state index is 13.2. The van der Waals surface area contributed by atoms with Gasteiger partial charge >= 0.3 is 11.9 Å². The van der Waals surface area contributed by atoms with Crippen LogP contribution in [0.4, 0.5) is 0 Å². The fourth-order valence-electron chi connectivity index (χ4n) is 5.02. The van der Waals surface area contributed by atoms with E-state index in [1.807, 2.05) is 30.3 Å². The number of likely N-dealkylation sites (tertiary alicyclic amines) is 1. The van der Waals surface area contributed by atoms with Gasteiger partial charge in [0.2, 0.25) is 5.91 Å². The van der Waals surface area contributed by atoms with Crippen molar-refractivity contribution < 1.29 is 29.3 Å². The van der Waals surface area contributed by atoms with Crippen molar-refractivity contribution in [1.82, 2.24) is 10.2 Å².